The lowest BCUT2D eigenvalue weighted by atomic mass is 9.92. The largest absolute Gasteiger partial charge is 0.360 e. The molecule has 1 aromatic heterocycles. The Morgan fingerprint density at radius 3 is 2.61 bits per heavy atom. The van der Waals surface area contributed by atoms with Crippen molar-refractivity contribution < 1.29 is 9.32 Å². The minimum absolute atomic E-state index is 0.331. The van der Waals surface area contributed by atoms with Gasteiger partial charge in [0.05, 0.1) is 0 Å². The molecule has 5 nitrogen and oxygen atoms in total. The first-order chi connectivity index (χ1) is 8.50. The summed E-state index contributed by atoms with van der Waals surface area (Å²) in [6.45, 7) is 3.41. The maximum absolute atomic E-state index is 12.1. The van der Waals surface area contributed by atoms with Crippen molar-refractivity contribution in [3.8, 4) is 0 Å². The molecule has 0 aliphatic rings. The molecule has 0 aliphatic heterocycles. The quantitative estimate of drug-likeness (QED) is 0.863. The number of carbonyl (C=O) groups is 1. The van der Waals surface area contributed by atoms with Gasteiger partial charge in [0.2, 0.25) is 5.91 Å². The Bertz CT molecular complexity index is 546. The van der Waals surface area contributed by atoms with Gasteiger partial charge in [-0.05, 0) is 19.4 Å². The third kappa shape index (κ3) is 2.41. The lowest BCUT2D eigenvalue weighted by Crippen LogP contribution is -2.45. The molecule has 1 aromatic carbocycles. The molecule has 1 unspecified atom stereocenters. The number of aromatic nitrogens is 1. The third-order valence-electron chi connectivity index (χ3n) is 2.71. The summed E-state index contributed by atoms with van der Waals surface area (Å²) in [4.78, 5) is 12.1. The Balaban J connectivity index is 2.18. The number of carbonyl (C=O) groups excluding carboxylic acids is 1. The van der Waals surface area contributed by atoms with E-state index in [1.165, 1.54) is 0 Å². The summed E-state index contributed by atoms with van der Waals surface area (Å²) >= 11 is 0. The number of rotatable bonds is 3. The molecule has 0 saturated carbocycles. The second kappa shape index (κ2) is 4.62. The number of amides is 1. The topological polar surface area (TPSA) is 81.2 Å². The molecule has 5 heteroatoms. The van der Waals surface area contributed by atoms with Crippen LogP contribution in [0, 0.1) is 6.92 Å². The lowest BCUT2D eigenvalue weighted by molar-refractivity contribution is -0.120. The molecule has 0 fully saturated rings. The van der Waals surface area contributed by atoms with Crippen LogP contribution in [-0.2, 0) is 10.3 Å². The van der Waals surface area contributed by atoms with Gasteiger partial charge in [-0.15, -0.1) is 0 Å². The minimum atomic E-state index is -1.12. The molecule has 2 rings (SSSR count). The van der Waals surface area contributed by atoms with Crippen LogP contribution in [0.25, 0.3) is 0 Å². The first kappa shape index (κ1) is 12.3. The summed E-state index contributed by atoms with van der Waals surface area (Å²) in [6.07, 6.45) is 0. The summed E-state index contributed by atoms with van der Waals surface area (Å²) in [5.41, 5.74) is 5.69. The zero-order valence-corrected chi connectivity index (χ0v) is 10.3. The minimum Gasteiger partial charge on any atom is -0.360 e. The highest BCUT2D eigenvalue weighted by molar-refractivity contribution is 5.97. The van der Waals surface area contributed by atoms with Crippen LogP contribution in [0.2, 0.25) is 0 Å². The van der Waals surface area contributed by atoms with Gasteiger partial charge in [-0.2, -0.15) is 0 Å². The maximum Gasteiger partial charge on any atom is 0.250 e. The average molecular weight is 245 g/mol. The molecule has 0 aliphatic carbocycles. The highest BCUT2D eigenvalue weighted by atomic mass is 16.5. The third-order valence-corrected chi connectivity index (χ3v) is 2.71. The van der Waals surface area contributed by atoms with E-state index in [4.69, 9.17) is 10.3 Å². The molecule has 0 spiro atoms. The van der Waals surface area contributed by atoms with E-state index in [-0.39, 0.29) is 5.91 Å². The van der Waals surface area contributed by atoms with Crippen LogP contribution in [0.5, 0.6) is 0 Å². The smallest absolute Gasteiger partial charge is 0.250 e. The van der Waals surface area contributed by atoms with Crippen molar-refractivity contribution in [2.45, 2.75) is 19.4 Å². The van der Waals surface area contributed by atoms with Crippen molar-refractivity contribution in [3.63, 3.8) is 0 Å². The van der Waals surface area contributed by atoms with Crippen molar-refractivity contribution in [1.29, 1.82) is 0 Å². The van der Waals surface area contributed by atoms with E-state index in [0.29, 0.717) is 11.6 Å². The molecule has 0 bridgehead atoms. The van der Waals surface area contributed by atoms with Crippen molar-refractivity contribution >= 4 is 11.7 Å². The number of aryl methyl sites for hydroxylation is 1. The lowest BCUT2D eigenvalue weighted by Gasteiger charge is -2.23. The second-order valence-corrected chi connectivity index (χ2v) is 4.35. The molecule has 1 atom stereocenters. The van der Waals surface area contributed by atoms with Crippen LogP contribution >= 0.6 is 0 Å². The van der Waals surface area contributed by atoms with Crippen LogP contribution in [0.4, 0.5) is 5.82 Å². The van der Waals surface area contributed by atoms with Crippen LogP contribution in [0.3, 0.4) is 0 Å². The zero-order chi connectivity index (χ0) is 13.2. The Morgan fingerprint density at radius 2 is 2.06 bits per heavy atom. The van der Waals surface area contributed by atoms with Gasteiger partial charge >= 0.3 is 0 Å². The van der Waals surface area contributed by atoms with Crippen molar-refractivity contribution in [1.82, 2.24) is 5.16 Å². The standard InChI is InChI=1S/C13H15N3O2/c1-9-8-11(16-18-9)15-12(17)13(2,14)10-6-4-3-5-7-10/h3-8H,14H2,1-2H3,(H,15,16,17). The maximum atomic E-state index is 12.1. The number of benzene rings is 1. The van der Waals surface area contributed by atoms with E-state index in [1.54, 1.807) is 19.9 Å². The number of nitrogens with zero attached hydrogens (tertiary/aromatic N) is 1. The molecule has 0 radical (unpaired) electrons. The molecule has 0 saturated heterocycles. The Kier molecular flexibility index (Phi) is 3.16. The monoisotopic (exact) mass is 245 g/mol. The predicted octanol–water partition coefficient (Wildman–Crippen LogP) is 1.80. The van der Waals surface area contributed by atoms with E-state index < -0.39 is 5.54 Å². The molecular weight excluding hydrogens is 230 g/mol. The van der Waals surface area contributed by atoms with E-state index in [2.05, 4.69) is 10.5 Å². The molecule has 2 aromatic rings. The van der Waals surface area contributed by atoms with E-state index in [9.17, 15) is 4.79 Å². The Hall–Kier alpha value is -2.14. The van der Waals surface area contributed by atoms with Crippen molar-refractivity contribution in [2.24, 2.45) is 5.73 Å². The number of nitrogens with one attached hydrogen (secondary N) is 1. The van der Waals surface area contributed by atoms with E-state index in [0.717, 1.165) is 5.56 Å². The first-order valence-corrected chi connectivity index (χ1v) is 5.59. The summed E-state index contributed by atoms with van der Waals surface area (Å²) in [7, 11) is 0. The Labute approximate surface area is 105 Å². The molecular formula is C13H15N3O2. The summed E-state index contributed by atoms with van der Waals surface area (Å²) in [6, 6.07) is 10.8. The fraction of sp³-hybridized carbons (Fsp3) is 0.231. The molecule has 94 valence electrons. The van der Waals surface area contributed by atoms with Gasteiger partial charge in [-0.1, -0.05) is 35.5 Å². The fourth-order valence-corrected chi connectivity index (χ4v) is 1.59. The van der Waals surface area contributed by atoms with E-state index in [1.807, 2.05) is 30.3 Å². The van der Waals surface area contributed by atoms with Crippen molar-refractivity contribution in [3.05, 3.63) is 47.7 Å². The van der Waals surface area contributed by atoms with Gasteiger partial charge in [0.25, 0.3) is 0 Å². The average Bonchev–Trinajstić information content (AvgIpc) is 2.76. The second-order valence-electron chi connectivity index (χ2n) is 4.35. The SMILES string of the molecule is Cc1cc(NC(=O)C(C)(N)c2ccccc2)no1. The van der Waals surface area contributed by atoms with Crippen LogP contribution in [0.1, 0.15) is 18.2 Å². The van der Waals surface area contributed by atoms with Crippen LogP contribution in [0.15, 0.2) is 40.9 Å². The summed E-state index contributed by atoms with van der Waals surface area (Å²) < 4.78 is 4.88. The first-order valence-electron chi connectivity index (χ1n) is 5.59. The van der Waals surface area contributed by atoms with Crippen molar-refractivity contribution in [2.75, 3.05) is 5.32 Å². The highest BCUT2D eigenvalue weighted by Crippen LogP contribution is 2.19. The predicted molar refractivity (Wildman–Crippen MR) is 67.9 cm³/mol. The Morgan fingerprint density at radius 1 is 1.39 bits per heavy atom. The van der Waals surface area contributed by atoms with Gasteiger partial charge in [0, 0.05) is 6.07 Å². The molecule has 1 amide bonds. The summed E-state index contributed by atoms with van der Waals surface area (Å²) in [5, 5.41) is 6.33. The van der Waals surface area contributed by atoms with Gasteiger partial charge in [0.15, 0.2) is 5.82 Å². The van der Waals surface area contributed by atoms with Gasteiger partial charge < -0.3 is 15.6 Å². The van der Waals surface area contributed by atoms with Crippen LogP contribution in [-0.4, -0.2) is 11.1 Å². The fourth-order valence-electron chi connectivity index (χ4n) is 1.59. The van der Waals surface area contributed by atoms with Gasteiger partial charge in [-0.25, -0.2) is 0 Å². The van der Waals surface area contributed by atoms with Gasteiger partial charge in [0.1, 0.15) is 11.3 Å². The van der Waals surface area contributed by atoms with Gasteiger partial charge in [-0.3, -0.25) is 4.79 Å². The summed E-state index contributed by atoms with van der Waals surface area (Å²) in [5.74, 6) is 0.663. The number of anilines is 1. The highest BCUT2D eigenvalue weighted by Gasteiger charge is 2.30. The number of hydrogen-bond donors (Lipinski definition) is 2. The van der Waals surface area contributed by atoms with Crippen LogP contribution < -0.4 is 11.1 Å². The normalized spacial score (nSPS) is 13.9. The molecule has 1 heterocycles. The number of nitrogens with two attached hydrogens (primary N) is 1. The molecule has 18 heavy (non-hydrogen) atoms. The van der Waals surface area contributed by atoms with E-state index >= 15 is 0 Å². The zero-order valence-electron chi connectivity index (χ0n) is 10.3. The number of hydrogen-bond acceptors (Lipinski definition) is 4. The molecule has 3 N–H and O–H groups in total.